The van der Waals surface area contributed by atoms with Crippen molar-refractivity contribution in [3.05, 3.63) is 107 Å². The second-order valence-electron chi connectivity index (χ2n) is 16.1. The van der Waals surface area contributed by atoms with E-state index in [2.05, 4.69) is 32.1 Å². The monoisotopic (exact) mass is 713 g/mol. The molecule has 6 aliphatic carbocycles. The number of rotatable bonds is 9. The molecule has 6 aliphatic rings. The largest absolute Gasteiger partial charge is 0.497 e. The molecule has 9 rings (SSSR count). The molecule has 2 bridgehead atoms. The zero-order chi connectivity index (χ0) is 35.2. The van der Waals surface area contributed by atoms with E-state index in [0.29, 0.717) is 30.6 Å². The van der Waals surface area contributed by atoms with Crippen LogP contribution in [0, 0.1) is 33.5 Å². The van der Waals surface area contributed by atoms with Crippen LogP contribution in [0.2, 0.25) is 0 Å². The van der Waals surface area contributed by atoms with E-state index in [-0.39, 0.29) is 40.3 Å². The van der Waals surface area contributed by atoms with E-state index in [1.807, 2.05) is 54.6 Å². The lowest BCUT2D eigenvalue weighted by atomic mass is 9.32. The number of ether oxygens (including phenoxy) is 1. The summed E-state index contributed by atoms with van der Waals surface area (Å²) in [6.07, 6.45) is 11.2. The first-order valence-electron chi connectivity index (χ1n) is 17.9. The van der Waals surface area contributed by atoms with Crippen molar-refractivity contribution in [2.75, 3.05) is 13.7 Å². The van der Waals surface area contributed by atoms with E-state index in [0.717, 1.165) is 36.8 Å². The molecule has 264 valence electrons. The topological polar surface area (TPSA) is 104 Å². The predicted octanol–water partition coefficient (Wildman–Crippen LogP) is 7.42. The average Bonchev–Trinajstić information content (AvgIpc) is 3.75. The molecule has 0 aliphatic heterocycles. The van der Waals surface area contributed by atoms with E-state index in [9.17, 15) is 23.4 Å². The van der Waals surface area contributed by atoms with E-state index >= 15 is 0 Å². The van der Waals surface area contributed by atoms with Gasteiger partial charge in [-0.2, -0.15) is 4.31 Å². The highest BCUT2D eigenvalue weighted by atomic mass is 32.2. The number of aliphatic hydroxyl groups excluding tert-OH is 1. The Morgan fingerprint density at radius 2 is 1.62 bits per heavy atom. The second kappa shape index (κ2) is 11.7. The van der Waals surface area contributed by atoms with E-state index < -0.39 is 38.0 Å². The van der Waals surface area contributed by atoms with Crippen molar-refractivity contribution in [3.8, 4) is 5.75 Å². The van der Waals surface area contributed by atoms with Crippen LogP contribution in [-0.4, -0.2) is 54.1 Å². The lowest BCUT2D eigenvalue weighted by molar-refractivity contribution is -0.173. The van der Waals surface area contributed by atoms with Crippen LogP contribution in [0.1, 0.15) is 74.7 Å². The molecule has 3 saturated carbocycles. The third-order valence-electron chi connectivity index (χ3n) is 14.0. The van der Waals surface area contributed by atoms with Crippen LogP contribution in [0.5, 0.6) is 5.75 Å². The summed E-state index contributed by atoms with van der Waals surface area (Å²) >= 11 is 1.19. The Balaban J connectivity index is 1.23. The van der Waals surface area contributed by atoms with Gasteiger partial charge in [0.1, 0.15) is 9.96 Å². The quantitative estimate of drug-likeness (QED) is 0.177. The lowest BCUT2D eigenvalue weighted by Gasteiger charge is -2.71. The summed E-state index contributed by atoms with van der Waals surface area (Å²) in [7, 11) is -2.29. The molecule has 0 radical (unpaired) electrons. The van der Waals surface area contributed by atoms with Gasteiger partial charge < -0.3 is 14.9 Å². The zero-order valence-corrected chi connectivity index (χ0v) is 30.7. The molecule has 3 aromatic rings. The fourth-order valence-corrected chi connectivity index (χ4v) is 14.0. The minimum absolute atomic E-state index is 0.0193. The van der Waals surface area contributed by atoms with Gasteiger partial charge in [0.05, 0.1) is 18.8 Å². The van der Waals surface area contributed by atoms with Crippen LogP contribution in [0.15, 0.2) is 100 Å². The summed E-state index contributed by atoms with van der Waals surface area (Å²) in [5, 5.41) is 25.8. The number of carbonyl (C=O) groups excluding carboxylic acids is 1. The number of nitrogens with zero attached hydrogens (tertiary/aromatic N) is 1. The number of sulfonamides is 1. The first-order valence-corrected chi connectivity index (χ1v) is 20.2. The van der Waals surface area contributed by atoms with Gasteiger partial charge in [-0.25, -0.2) is 8.42 Å². The molecule has 0 amide bonds. The number of fused-ring (bicyclic) bond motifs is 1. The lowest BCUT2D eigenvalue weighted by Crippen LogP contribution is -2.67. The summed E-state index contributed by atoms with van der Waals surface area (Å²) in [4.78, 5) is 14.8. The summed E-state index contributed by atoms with van der Waals surface area (Å²) in [5.41, 5.74) is -0.994. The molecule has 8 atom stereocenters. The van der Waals surface area contributed by atoms with Gasteiger partial charge in [-0.15, -0.1) is 11.3 Å². The van der Waals surface area contributed by atoms with Gasteiger partial charge >= 0.3 is 0 Å². The number of methoxy groups -OCH3 is 1. The number of hydrogen-bond donors (Lipinski definition) is 2. The van der Waals surface area contributed by atoms with Crippen molar-refractivity contribution >= 4 is 27.1 Å². The molecular formula is C41H47NO6S2. The zero-order valence-electron chi connectivity index (χ0n) is 29.0. The fourth-order valence-electron chi connectivity index (χ4n) is 11.3. The number of benzene rings is 2. The molecule has 1 aromatic heterocycles. The Labute approximate surface area is 299 Å². The second-order valence-corrected chi connectivity index (χ2v) is 19.2. The Morgan fingerprint density at radius 3 is 2.32 bits per heavy atom. The van der Waals surface area contributed by atoms with Crippen LogP contribution in [-0.2, 0) is 16.6 Å². The molecule has 2 N–H and O–H groups in total. The number of thiophene rings is 1. The summed E-state index contributed by atoms with van der Waals surface area (Å²) in [6.45, 7) is 4.65. The third-order valence-corrected chi connectivity index (χ3v) is 17.2. The molecule has 2 aromatic carbocycles. The molecule has 0 saturated heterocycles. The maximum absolute atomic E-state index is 14.8. The fraction of sp³-hybridized carbons (Fsp3) is 0.488. The standard InChI is InChI=1S/C41H47NO6S2/c1-37-18-15-30(43)24-39(37)21-22-41(32(25-39)36(44)29-11-13-31(48-3)14-12-29)33(37)16-19-38(2)34(41)17-20-40(38,45)27-42(26-28-8-5-4-6-9-28)50(46,47)35-10-7-23-49-35/h4-14,21-23,25,30,33-34,43,45H,15-20,24,26-27H2,1-3H3. The maximum Gasteiger partial charge on any atom is 0.252 e. The normalized spacial score (nSPS) is 37.2. The highest BCUT2D eigenvalue weighted by Crippen LogP contribution is 2.78. The molecule has 2 spiro atoms. The molecule has 3 fully saturated rings. The molecule has 7 nitrogen and oxygen atoms in total. The SMILES string of the molecule is COc1ccc(C(=O)C2=CC34C=CC25C(CCC2(C)C5CCC2(O)CN(Cc2ccccc2)S(=O)(=O)c2cccs2)C3(C)CCC(O)C4)cc1. The van der Waals surface area contributed by atoms with Gasteiger partial charge in [-0.05, 0) is 103 Å². The predicted molar refractivity (Wildman–Crippen MR) is 194 cm³/mol. The van der Waals surface area contributed by atoms with E-state index in [1.165, 1.54) is 15.6 Å². The third kappa shape index (κ3) is 4.69. The highest BCUT2D eigenvalue weighted by molar-refractivity contribution is 7.91. The molecule has 9 heteroatoms. The van der Waals surface area contributed by atoms with Crippen molar-refractivity contribution in [1.82, 2.24) is 4.31 Å². The highest BCUT2D eigenvalue weighted by Gasteiger charge is 2.74. The maximum atomic E-state index is 14.8. The van der Waals surface area contributed by atoms with Crippen LogP contribution in [0.25, 0.3) is 0 Å². The van der Waals surface area contributed by atoms with E-state index in [4.69, 9.17) is 4.74 Å². The summed E-state index contributed by atoms with van der Waals surface area (Å²) in [5.74, 6) is 0.717. The van der Waals surface area contributed by atoms with Crippen LogP contribution in [0.4, 0.5) is 0 Å². The van der Waals surface area contributed by atoms with Crippen molar-refractivity contribution in [3.63, 3.8) is 0 Å². The average molecular weight is 714 g/mol. The number of ketones is 1. The molecule has 8 unspecified atom stereocenters. The Bertz CT molecular complexity index is 1960. The first kappa shape index (κ1) is 34.0. The molecular weight excluding hydrogens is 667 g/mol. The number of Topliss-reactive ketones (excluding diaryl/α,β-unsaturated/α-hetero) is 1. The first-order chi connectivity index (χ1) is 23.8. The number of carbonyl (C=O) groups is 1. The van der Waals surface area contributed by atoms with Gasteiger partial charge in [0, 0.05) is 40.5 Å². The smallest absolute Gasteiger partial charge is 0.252 e. The molecule has 1 heterocycles. The Hall–Kier alpha value is -3.08. The van der Waals surface area contributed by atoms with Crippen molar-refractivity contribution < 1.29 is 28.2 Å². The van der Waals surface area contributed by atoms with Crippen LogP contribution >= 0.6 is 11.3 Å². The van der Waals surface area contributed by atoms with Crippen molar-refractivity contribution in [2.45, 2.75) is 81.3 Å². The Morgan fingerprint density at radius 1 is 0.920 bits per heavy atom. The summed E-state index contributed by atoms with van der Waals surface area (Å²) in [6, 6.07) is 20.3. The Kier molecular flexibility index (Phi) is 7.98. The minimum Gasteiger partial charge on any atom is -0.497 e. The van der Waals surface area contributed by atoms with Crippen molar-refractivity contribution in [2.24, 2.45) is 33.5 Å². The van der Waals surface area contributed by atoms with Gasteiger partial charge in [-0.3, -0.25) is 4.79 Å². The molecule has 50 heavy (non-hydrogen) atoms. The van der Waals surface area contributed by atoms with Gasteiger partial charge in [0.25, 0.3) is 10.0 Å². The van der Waals surface area contributed by atoms with Gasteiger partial charge in [0.15, 0.2) is 5.78 Å². The minimum atomic E-state index is -3.90. The van der Waals surface area contributed by atoms with E-state index in [1.54, 1.807) is 24.6 Å². The van der Waals surface area contributed by atoms with Crippen LogP contribution in [0.3, 0.4) is 0 Å². The van der Waals surface area contributed by atoms with Gasteiger partial charge in [-0.1, -0.05) is 68.5 Å². The number of hydrogen-bond acceptors (Lipinski definition) is 7. The van der Waals surface area contributed by atoms with Gasteiger partial charge in [0.2, 0.25) is 0 Å². The van der Waals surface area contributed by atoms with Crippen molar-refractivity contribution in [1.29, 1.82) is 0 Å². The van der Waals surface area contributed by atoms with Crippen LogP contribution < -0.4 is 4.74 Å². The number of aliphatic hydroxyl groups is 2. The number of allylic oxidation sites excluding steroid dienone is 4. The summed E-state index contributed by atoms with van der Waals surface area (Å²) < 4.78 is 35.6.